The fourth-order valence-electron chi connectivity index (χ4n) is 1.63. The van der Waals surface area contributed by atoms with Crippen molar-refractivity contribution >= 4 is 27.4 Å². The zero-order chi connectivity index (χ0) is 12.4. The van der Waals surface area contributed by atoms with E-state index in [0.717, 1.165) is 20.7 Å². The van der Waals surface area contributed by atoms with Crippen LogP contribution in [0, 0.1) is 0 Å². The quantitative estimate of drug-likeness (QED) is 0.848. The lowest BCUT2D eigenvalue weighted by Gasteiger charge is -2.05. The average molecular weight is 251 g/mol. The number of methoxy groups -OCH3 is 2. The third-order valence-electron chi connectivity index (χ3n) is 2.52. The van der Waals surface area contributed by atoms with E-state index in [-0.39, 0.29) is 0 Å². The molecule has 0 saturated heterocycles. The molecule has 0 bridgehead atoms. The van der Waals surface area contributed by atoms with Crippen LogP contribution in [0.5, 0.6) is 5.75 Å². The van der Waals surface area contributed by atoms with Gasteiger partial charge in [-0.2, -0.15) is 0 Å². The summed E-state index contributed by atoms with van der Waals surface area (Å²) in [6.45, 7) is 0. The minimum Gasteiger partial charge on any atom is -0.496 e. The van der Waals surface area contributed by atoms with Gasteiger partial charge in [0.1, 0.15) is 11.8 Å². The van der Waals surface area contributed by atoms with Gasteiger partial charge in [-0.3, -0.25) is 0 Å². The predicted molar refractivity (Wildman–Crippen MR) is 67.3 cm³/mol. The molecule has 17 heavy (non-hydrogen) atoms. The molecule has 2 rings (SSSR count). The molecule has 1 aromatic heterocycles. The summed E-state index contributed by atoms with van der Waals surface area (Å²) < 4.78 is 10.9. The number of rotatable bonds is 3. The van der Waals surface area contributed by atoms with E-state index >= 15 is 0 Å². The predicted octanol–water partition coefficient (Wildman–Crippen LogP) is 2.08. The molecule has 1 unspecified atom stereocenters. The number of carbonyl (C=O) groups is 1. The summed E-state index contributed by atoms with van der Waals surface area (Å²) in [6, 6.07) is 6.89. The molecule has 2 aromatic rings. The highest BCUT2D eigenvalue weighted by atomic mass is 32.1. The van der Waals surface area contributed by atoms with Crippen molar-refractivity contribution < 1.29 is 14.3 Å². The fraction of sp³-hybridized carbons (Fsp3) is 0.250. The molecule has 90 valence electrons. The third-order valence-corrected chi connectivity index (χ3v) is 3.71. The van der Waals surface area contributed by atoms with E-state index in [4.69, 9.17) is 10.5 Å². The number of fused-ring (bicyclic) bond motifs is 1. The molecule has 0 fully saturated rings. The van der Waals surface area contributed by atoms with Crippen molar-refractivity contribution in [3.05, 3.63) is 29.1 Å². The van der Waals surface area contributed by atoms with Gasteiger partial charge in [0, 0.05) is 15.0 Å². The molecule has 0 radical (unpaired) electrons. The van der Waals surface area contributed by atoms with Gasteiger partial charge in [-0.1, -0.05) is 6.07 Å². The molecule has 0 amide bonds. The Morgan fingerprint density at radius 1 is 1.41 bits per heavy atom. The van der Waals surface area contributed by atoms with Crippen LogP contribution in [0.15, 0.2) is 24.3 Å². The van der Waals surface area contributed by atoms with Crippen LogP contribution >= 0.6 is 11.3 Å². The fourth-order valence-corrected chi connectivity index (χ4v) is 2.70. The van der Waals surface area contributed by atoms with Crippen LogP contribution in [0.4, 0.5) is 0 Å². The topological polar surface area (TPSA) is 61.5 Å². The Labute approximate surface area is 103 Å². The molecule has 0 aliphatic rings. The number of ether oxygens (including phenoxy) is 2. The molecule has 4 nitrogen and oxygen atoms in total. The zero-order valence-electron chi connectivity index (χ0n) is 9.60. The van der Waals surface area contributed by atoms with Gasteiger partial charge in [0.05, 0.1) is 14.2 Å². The molecular formula is C12H13NO3S. The van der Waals surface area contributed by atoms with Crippen LogP contribution in [0.2, 0.25) is 0 Å². The number of hydrogen-bond acceptors (Lipinski definition) is 5. The van der Waals surface area contributed by atoms with Crippen molar-refractivity contribution in [3.8, 4) is 5.75 Å². The van der Waals surface area contributed by atoms with Gasteiger partial charge in [0.15, 0.2) is 0 Å². The number of thiophene rings is 1. The number of nitrogens with two attached hydrogens (primary N) is 1. The van der Waals surface area contributed by atoms with Gasteiger partial charge >= 0.3 is 5.97 Å². The Balaban J connectivity index is 2.47. The first-order valence-corrected chi connectivity index (χ1v) is 5.89. The highest BCUT2D eigenvalue weighted by Gasteiger charge is 2.19. The highest BCUT2D eigenvalue weighted by Crippen LogP contribution is 2.34. The van der Waals surface area contributed by atoms with Gasteiger partial charge in [-0.15, -0.1) is 11.3 Å². The summed E-state index contributed by atoms with van der Waals surface area (Å²) in [5.74, 6) is 0.345. The van der Waals surface area contributed by atoms with E-state index < -0.39 is 12.0 Å². The Bertz CT molecular complexity index is 550. The van der Waals surface area contributed by atoms with Crippen molar-refractivity contribution in [1.29, 1.82) is 0 Å². The number of carbonyl (C=O) groups excluding carboxylic acids is 1. The van der Waals surface area contributed by atoms with Crippen LogP contribution < -0.4 is 10.5 Å². The van der Waals surface area contributed by atoms with Crippen LogP contribution in [0.3, 0.4) is 0 Å². The molecule has 0 aliphatic carbocycles. The zero-order valence-corrected chi connectivity index (χ0v) is 10.4. The van der Waals surface area contributed by atoms with Crippen LogP contribution in [0.1, 0.15) is 10.9 Å². The second-order valence-electron chi connectivity index (χ2n) is 3.52. The van der Waals surface area contributed by atoms with E-state index in [2.05, 4.69) is 4.74 Å². The minimum absolute atomic E-state index is 0.435. The smallest absolute Gasteiger partial charge is 0.328 e. The number of esters is 1. The molecule has 0 saturated carbocycles. The maximum atomic E-state index is 11.4. The Morgan fingerprint density at radius 3 is 2.82 bits per heavy atom. The van der Waals surface area contributed by atoms with Gasteiger partial charge < -0.3 is 15.2 Å². The largest absolute Gasteiger partial charge is 0.496 e. The minimum atomic E-state index is -0.734. The van der Waals surface area contributed by atoms with Crippen molar-refractivity contribution in [2.75, 3.05) is 14.2 Å². The molecule has 1 heterocycles. The van der Waals surface area contributed by atoms with Crippen molar-refractivity contribution in [3.63, 3.8) is 0 Å². The van der Waals surface area contributed by atoms with E-state index in [0.29, 0.717) is 0 Å². The highest BCUT2D eigenvalue weighted by molar-refractivity contribution is 7.19. The summed E-state index contributed by atoms with van der Waals surface area (Å²) in [5, 5.41) is 0.967. The number of benzene rings is 1. The van der Waals surface area contributed by atoms with Gasteiger partial charge in [-0.25, -0.2) is 4.79 Å². The van der Waals surface area contributed by atoms with Crippen LogP contribution in [0.25, 0.3) is 10.1 Å². The second kappa shape index (κ2) is 4.73. The molecule has 1 atom stereocenters. The summed E-state index contributed by atoms with van der Waals surface area (Å²) in [5.41, 5.74) is 5.80. The Morgan fingerprint density at radius 2 is 2.18 bits per heavy atom. The summed E-state index contributed by atoms with van der Waals surface area (Å²) in [6.07, 6.45) is 0. The SMILES string of the molecule is COC(=O)C(N)c1cc2c(OC)cccc2s1. The van der Waals surface area contributed by atoms with Crippen molar-refractivity contribution in [2.45, 2.75) is 6.04 Å². The maximum absolute atomic E-state index is 11.4. The van der Waals surface area contributed by atoms with Gasteiger partial charge in [-0.05, 0) is 18.2 Å². The lowest BCUT2D eigenvalue weighted by Crippen LogP contribution is -2.21. The third kappa shape index (κ3) is 2.11. The maximum Gasteiger partial charge on any atom is 0.328 e. The summed E-state index contributed by atoms with van der Waals surface area (Å²) >= 11 is 1.47. The standard InChI is InChI=1S/C12H13NO3S/c1-15-8-4-3-5-9-7(8)6-10(17-9)11(13)12(14)16-2/h3-6,11H,13H2,1-2H3. The summed E-state index contributed by atoms with van der Waals surface area (Å²) in [4.78, 5) is 12.1. The van der Waals surface area contributed by atoms with E-state index in [1.54, 1.807) is 7.11 Å². The van der Waals surface area contributed by atoms with Gasteiger partial charge in [0.2, 0.25) is 0 Å². The van der Waals surface area contributed by atoms with Crippen LogP contribution in [-0.4, -0.2) is 20.2 Å². The average Bonchev–Trinajstić information content (AvgIpc) is 2.80. The van der Waals surface area contributed by atoms with E-state index in [9.17, 15) is 4.79 Å². The van der Waals surface area contributed by atoms with Crippen LogP contribution in [-0.2, 0) is 9.53 Å². The first-order chi connectivity index (χ1) is 8.17. The molecular weight excluding hydrogens is 238 g/mol. The van der Waals surface area contributed by atoms with E-state index in [1.807, 2.05) is 24.3 Å². The molecule has 5 heteroatoms. The molecule has 0 aliphatic heterocycles. The lowest BCUT2D eigenvalue weighted by atomic mass is 10.2. The first-order valence-electron chi connectivity index (χ1n) is 5.07. The molecule has 0 spiro atoms. The summed E-state index contributed by atoms with van der Waals surface area (Å²) in [7, 11) is 2.95. The lowest BCUT2D eigenvalue weighted by molar-refractivity contribution is -0.142. The first kappa shape index (κ1) is 11.9. The Kier molecular flexibility index (Phi) is 3.31. The molecule has 2 N–H and O–H groups in total. The van der Waals surface area contributed by atoms with E-state index in [1.165, 1.54) is 18.4 Å². The number of hydrogen-bond donors (Lipinski definition) is 1. The Hall–Kier alpha value is -1.59. The second-order valence-corrected chi connectivity index (χ2v) is 4.64. The van der Waals surface area contributed by atoms with Crippen molar-refractivity contribution in [2.24, 2.45) is 5.73 Å². The monoisotopic (exact) mass is 251 g/mol. The van der Waals surface area contributed by atoms with Gasteiger partial charge in [0.25, 0.3) is 0 Å². The molecule has 1 aromatic carbocycles. The normalized spacial score (nSPS) is 12.4. The van der Waals surface area contributed by atoms with Crippen molar-refractivity contribution in [1.82, 2.24) is 0 Å².